The first kappa shape index (κ1) is 19.2. The first-order valence-corrected chi connectivity index (χ1v) is 8.95. The van der Waals surface area contributed by atoms with Crippen molar-refractivity contribution in [2.75, 3.05) is 6.61 Å². The molecule has 0 aliphatic carbocycles. The number of ether oxygens (including phenoxy) is 3. The molecule has 0 aliphatic heterocycles. The van der Waals surface area contributed by atoms with Crippen molar-refractivity contribution < 1.29 is 24.1 Å². The van der Waals surface area contributed by atoms with Crippen LogP contribution in [0, 0.1) is 0 Å². The van der Waals surface area contributed by atoms with Crippen LogP contribution in [-0.2, 0) is 11.4 Å². The fourth-order valence-electron chi connectivity index (χ4n) is 2.41. The number of carbonyl (C=O) groups is 1. The minimum Gasteiger partial charge on any atom is -0.494 e. The predicted molar refractivity (Wildman–Crippen MR) is 104 cm³/mol. The van der Waals surface area contributed by atoms with Gasteiger partial charge in [-0.25, -0.2) is 4.98 Å². The molecule has 1 N–H and O–H groups in total. The van der Waals surface area contributed by atoms with Crippen LogP contribution in [0.3, 0.4) is 0 Å². The SMILES string of the molecule is O=C(O)CCCOc1ccc(OCc2cccc(Oc3ccccc3)n2)cc1. The fraction of sp³-hybridized carbons (Fsp3) is 0.182. The zero-order chi connectivity index (χ0) is 19.6. The summed E-state index contributed by atoms with van der Waals surface area (Å²) in [6.45, 7) is 0.676. The second kappa shape index (κ2) is 9.97. The normalized spacial score (nSPS) is 10.3. The largest absolute Gasteiger partial charge is 0.494 e. The molecule has 0 unspecified atom stereocenters. The van der Waals surface area contributed by atoms with E-state index >= 15 is 0 Å². The van der Waals surface area contributed by atoms with Crippen LogP contribution in [-0.4, -0.2) is 22.7 Å². The van der Waals surface area contributed by atoms with Gasteiger partial charge >= 0.3 is 5.97 Å². The lowest BCUT2D eigenvalue weighted by Gasteiger charge is -2.09. The van der Waals surface area contributed by atoms with Gasteiger partial charge in [0.2, 0.25) is 5.88 Å². The van der Waals surface area contributed by atoms with Crippen LogP contribution >= 0.6 is 0 Å². The number of hydrogen-bond acceptors (Lipinski definition) is 5. The molecular weight excluding hydrogens is 358 g/mol. The maximum Gasteiger partial charge on any atom is 0.303 e. The summed E-state index contributed by atoms with van der Waals surface area (Å²) in [6, 6.07) is 22.2. The summed E-state index contributed by atoms with van der Waals surface area (Å²) in [6.07, 6.45) is 0.571. The average Bonchev–Trinajstić information content (AvgIpc) is 2.71. The molecule has 0 atom stereocenters. The lowest BCUT2D eigenvalue weighted by atomic mass is 10.3. The van der Waals surface area contributed by atoms with Gasteiger partial charge in [-0.3, -0.25) is 4.79 Å². The third kappa shape index (κ3) is 6.32. The monoisotopic (exact) mass is 379 g/mol. The molecule has 0 bridgehead atoms. The lowest BCUT2D eigenvalue weighted by molar-refractivity contribution is -0.137. The van der Waals surface area contributed by atoms with Gasteiger partial charge in [0.25, 0.3) is 0 Å². The molecule has 0 radical (unpaired) electrons. The van der Waals surface area contributed by atoms with Gasteiger partial charge in [-0.15, -0.1) is 0 Å². The molecule has 0 spiro atoms. The Morgan fingerprint density at radius 1 is 0.821 bits per heavy atom. The van der Waals surface area contributed by atoms with Crippen LogP contribution in [0.1, 0.15) is 18.5 Å². The number of carboxylic acid groups (broad SMARTS) is 1. The number of aliphatic carboxylic acids is 1. The molecule has 0 amide bonds. The standard InChI is InChI=1S/C22H21NO5/c24-22(25)10-5-15-26-18-11-13-19(14-12-18)27-16-17-6-4-9-21(23-17)28-20-7-2-1-3-8-20/h1-4,6-9,11-14H,5,10,15-16H2,(H,24,25). The van der Waals surface area contributed by atoms with Crippen LogP contribution in [0.4, 0.5) is 0 Å². The van der Waals surface area contributed by atoms with Crippen molar-refractivity contribution in [2.24, 2.45) is 0 Å². The van der Waals surface area contributed by atoms with E-state index < -0.39 is 5.97 Å². The first-order chi connectivity index (χ1) is 13.7. The quantitative estimate of drug-likeness (QED) is 0.515. The van der Waals surface area contributed by atoms with Crippen molar-refractivity contribution in [3.05, 3.63) is 78.5 Å². The van der Waals surface area contributed by atoms with Crippen molar-refractivity contribution in [3.8, 4) is 23.1 Å². The zero-order valence-corrected chi connectivity index (χ0v) is 15.3. The molecule has 6 nitrogen and oxygen atoms in total. The van der Waals surface area contributed by atoms with E-state index in [2.05, 4.69) is 4.98 Å². The molecule has 1 heterocycles. The number of para-hydroxylation sites is 1. The second-order valence-electron chi connectivity index (χ2n) is 5.99. The topological polar surface area (TPSA) is 77.9 Å². The highest BCUT2D eigenvalue weighted by atomic mass is 16.5. The molecule has 0 saturated carbocycles. The molecule has 0 aliphatic rings. The number of benzene rings is 2. The third-order valence-electron chi connectivity index (χ3n) is 3.76. The number of pyridine rings is 1. The average molecular weight is 379 g/mol. The van der Waals surface area contributed by atoms with Gasteiger partial charge in [0, 0.05) is 12.5 Å². The first-order valence-electron chi connectivity index (χ1n) is 8.95. The second-order valence-corrected chi connectivity index (χ2v) is 5.99. The van der Waals surface area contributed by atoms with Crippen molar-refractivity contribution in [1.29, 1.82) is 0 Å². The van der Waals surface area contributed by atoms with E-state index in [9.17, 15) is 4.79 Å². The Morgan fingerprint density at radius 2 is 1.54 bits per heavy atom. The molecule has 28 heavy (non-hydrogen) atoms. The van der Waals surface area contributed by atoms with Crippen molar-refractivity contribution in [3.63, 3.8) is 0 Å². The molecule has 3 rings (SSSR count). The lowest BCUT2D eigenvalue weighted by Crippen LogP contribution is -2.02. The van der Waals surface area contributed by atoms with E-state index in [0.29, 0.717) is 37.0 Å². The van der Waals surface area contributed by atoms with Gasteiger partial charge in [-0.2, -0.15) is 0 Å². The van der Waals surface area contributed by atoms with Gasteiger partial charge in [0.1, 0.15) is 23.9 Å². The van der Waals surface area contributed by atoms with Gasteiger partial charge < -0.3 is 19.3 Å². The Kier molecular flexibility index (Phi) is 6.84. The number of carboxylic acids is 1. The smallest absolute Gasteiger partial charge is 0.303 e. The highest BCUT2D eigenvalue weighted by Gasteiger charge is 2.03. The van der Waals surface area contributed by atoms with E-state index in [1.165, 1.54) is 0 Å². The Balaban J connectivity index is 1.48. The van der Waals surface area contributed by atoms with Crippen LogP contribution in [0.25, 0.3) is 0 Å². The van der Waals surface area contributed by atoms with Crippen LogP contribution in [0.2, 0.25) is 0 Å². The number of nitrogens with zero attached hydrogens (tertiary/aromatic N) is 1. The maximum absolute atomic E-state index is 10.5. The molecule has 0 saturated heterocycles. The van der Waals surface area contributed by atoms with E-state index in [0.717, 1.165) is 11.4 Å². The summed E-state index contributed by atoms with van der Waals surface area (Å²) in [5.41, 5.74) is 0.752. The molecule has 1 aromatic heterocycles. The van der Waals surface area contributed by atoms with Crippen LogP contribution in [0.5, 0.6) is 23.1 Å². The van der Waals surface area contributed by atoms with Crippen LogP contribution < -0.4 is 14.2 Å². The molecule has 3 aromatic rings. The van der Waals surface area contributed by atoms with E-state index in [1.807, 2.05) is 42.5 Å². The summed E-state index contributed by atoms with van der Waals surface area (Å²) >= 11 is 0. The zero-order valence-electron chi connectivity index (χ0n) is 15.3. The fourth-order valence-corrected chi connectivity index (χ4v) is 2.41. The summed E-state index contributed by atoms with van der Waals surface area (Å²) in [7, 11) is 0. The molecule has 6 heteroatoms. The van der Waals surface area contributed by atoms with Gasteiger partial charge in [0.15, 0.2) is 0 Å². The van der Waals surface area contributed by atoms with Crippen LogP contribution in [0.15, 0.2) is 72.8 Å². The minimum atomic E-state index is -0.820. The Labute approximate surface area is 163 Å². The summed E-state index contributed by atoms with van der Waals surface area (Å²) in [5, 5.41) is 8.61. The van der Waals surface area contributed by atoms with Crippen molar-refractivity contribution in [2.45, 2.75) is 19.4 Å². The summed E-state index contributed by atoms with van der Waals surface area (Å²) in [4.78, 5) is 14.9. The van der Waals surface area contributed by atoms with Gasteiger partial charge in [-0.05, 0) is 48.9 Å². The maximum atomic E-state index is 10.5. The molecule has 0 fully saturated rings. The van der Waals surface area contributed by atoms with Crippen molar-refractivity contribution >= 4 is 5.97 Å². The van der Waals surface area contributed by atoms with Gasteiger partial charge in [-0.1, -0.05) is 24.3 Å². The predicted octanol–water partition coefficient (Wildman–Crippen LogP) is 4.70. The van der Waals surface area contributed by atoms with E-state index in [4.69, 9.17) is 19.3 Å². The van der Waals surface area contributed by atoms with E-state index in [-0.39, 0.29) is 6.42 Å². The molecule has 144 valence electrons. The minimum absolute atomic E-state index is 0.0985. The van der Waals surface area contributed by atoms with Gasteiger partial charge in [0.05, 0.1) is 12.3 Å². The van der Waals surface area contributed by atoms with Crippen molar-refractivity contribution in [1.82, 2.24) is 4.98 Å². The third-order valence-corrected chi connectivity index (χ3v) is 3.76. The Morgan fingerprint density at radius 3 is 2.25 bits per heavy atom. The molecule has 2 aromatic carbocycles. The Hall–Kier alpha value is -3.54. The number of hydrogen-bond donors (Lipinski definition) is 1. The highest BCUT2D eigenvalue weighted by Crippen LogP contribution is 2.21. The molecular formula is C22H21NO5. The van der Waals surface area contributed by atoms with E-state index in [1.54, 1.807) is 30.3 Å². The summed E-state index contributed by atoms with van der Waals surface area (Å²) in [5.74, 6) is 1.78. The Bertz CT molecular complexity index is 881. The number of rotatable bonds is 10. The summed E-state index contributed by atoms with van der Waals surface area (Å²) < 4.78 is 17.0. The number of aromatic nitrogens is 1. The highest BCUT2D eigenvalue weighted by molar-refractivity contribution is 5.66.